The van der Waals surface area contributed by atoms with Gasteiger partial charge in [0.15, 0.2) is 0 Å². The van der Waals surface area contributed by atoms with Gasteiger partial charge in [0.2, 0.25) is 17.7 Å². The van der Waals surface area contributed by atoms with Gasteiger partial charge >= 0.3 is 0 Å². The largest absolute Gasteiger partial charge is 0.472 e. The number of aromatic nitrogens is 2. The smallest absolute Gasteiger partial charge is 0.250 e. The molecule has 1 atom stereocenters. The van der Waals surface area contributed by atoms with Crippen LogP contribution in [-0.4, -0.2) is 46.5 Å². The van der Waals surface area contributed by atoms with Gasteiger partial charge < -0.3 is 18.6 Å². The van der Waals surface area contributed by atoms with Crippen molar-refractivity contribution in [1.82, 2.24) is 15.1 Å². The monoisotopic (exact) mass is 434 g/mol. The quantitative estimate of drug-likeness (QED) is 0.622. The van der Waals surface area contributed by atoms with Gasteiger partial charge in [-0.15, -0.1) is 10.2 Å². The molecule has 2 amide bonds. The Morgan fingerprint density at radius 3 is 2.62 bits per heavy atom. The molecular formula is C24H26N4O4. The summed E-state index contributed by atoms with van der Waals surface area (Å²) in [6, 6.07) is 7.78. The number of benzene rings is 1. The Morgan fingerprint density at radius 1 is 1.09 bits per heavy atom. The molecule has 2 aromatic heterocycles. The van der Waals surface area contributed by atoms with Gasteiger partial charge in [-0.3, -0.25) is 9.59 Å². The molecule has 4 heterocycles. The first-order chi connectivity index (χ1) is 15.5. The highest BCUT2D eigenvalue weighted by atomic mass is 16.4. The Morgan fingerprint density at radius 2 is 1.91 bits per heavy atom. The maximum atomic E-state index is 13.1. The molecule has 166 valence electrons. The highest BCUT2D eigenvalue weighted by Crippen LogP contribution is 2.32. The van der Waals surface area contributed by atoms with E-state index in [0.29, 0.717) is 31.4 Å². The average molecular weight is 434 g/mol. The van der Waals surface area contributed by atoms with Crippen LogP contribution in [-0.2, 0) is 9.59 Å². The van der Waals surface area contributed by atoms with E-state index in [-0.39, 0.29) is 30.1 Å². The van der Waals surface area contributed by atoms with Crippen LogP contribution in [0.2, 0.25) is 0 Å². The number of nitrogens with zero attached hydrogens (tertiary/aromatic N) is 4. The summed E-state index contributed by atoms with van der Waals surface area (Å²) in [5.41, 5.74) is 3.96. The lowest BCUT2D eigenvalue weighted by Crippen LogP contribution is -2.42. The lowest BCUT2D eigenvalue weighted by Gasteiger charge is -2.32. The summed E-state index contributed by atoms with van der Waals surface area (Å²) in [6.07, 6.45) is 4.94. The van der Waals surface area contributed by atoms with E-state index in [9.17, 15) is 9.59 Å². The predicted octanol–water partition coefficient (Wildman–Crippen LogP) is 3.71. The lowest BCUT2D eigenvalue weighted by molar-refractivity contribution is -0.136. The number of aryl methyl sites for hydroxylation is 2. The fraction of sp³-hybridized carbons (Fsp3) is 0.417. The van der Waals surface area contributed by atoms with Crippen molar-refractivity contribution in [1.29, 1.82) is 0 Å². The molecule has 0 N–H and O–H groups in total. The minimum Gasteiger partial charge on any atom is -0.472 e. The molecule has 5 rings (SSSR count). The van der Waals surface area contributed by atoms with Crippen molar-refractivity contribution in [2.24, 2.45) is 5.92 Å². The van der Waals surface area contributed by atoms with E-state index < -0.39 is 0 Å². The van der Waals surface area contributed by atoms with Crippen molar-refractivity contribution in [3.05, 3.63) is 53.8 Å². The van der Waals surface area contributed by atoms with E-state index in [1.54, 1.807) is 23.5 Å². The molecule has 0 radical (unpaired) electrons. The summed E-state index contributed by atoms with van der Waals surface area (Å²) in [5, 5.41) is 8.30. The van der Waals surface area contributed by atoms with E-state index in [4.69, 9.17) is 8.83 Å². The van der Waals surface area contributed by atoms with Crippen molar-refractivity contribution in [3.63, 3.8) is 0 Å². The van der Waals surface area contributed by atoms with Gasteiger partial charge in [-0.05, 0) is 56.0 Å². The summed E-state index contributed by atoms with van der Waals surface area (Å²) in [5.74, 6) is 0.960. The number of likely N-dealkylation sites (tertiary alicyclic amines) is 1. The molecule has 32 heavy (non-hydrogen) atoms. The summed E-state index contributed by atoms with van der Waals surface area (Å²) in [4.78, 5) is 29.4. The van der Waals surface area contributed by atoms with Crippen molar-refractivity contribution in [3.8, 4) is 11.5 Å². The zero-order valence-electron chi connectivity index (χ0n) is 18.3. The van der Waals surface area contributed by atoms with E-state index in [1.165, 1.54) is 5.56 Å². The standard InChI is InChI=1S/C24H26N4O4/c1-15-3-4-20(11-16(15)2)28-13-19(12-21(28)29)24(30)27-8-5-17(6-9-27)22-25-26-23(32-22)18-7-10-31-14-18/h3-4,7,10-11,14,17,19H,5-6,8-9,12-13H2,1-2H3. The molecule has 0 bridgehead atoms. The van der Waals surface area contributed by atoms with Crippen LogP contribution >= 0.6 is 0 Å². The Bertz CT molecular complexity index is 1130. The lowest BCUT2D eigenvalue weighted by atomic mass is 9.95. The molecule has 0 spiro atoms. The summed E-state index contributed by atoms with van der Waals surface area (Å²) < 4.78 is 10.9. The molecule has 2 aliphatic rings. The second-order valence-corrected chi connectivity index (χ2v) is 8.73. The Labute approximate surface area is 186 Å². The molecule has 0 saturated carbocycles. The number of hydrogen-bond donors (Lipinski definition) is 0. The number of hydrogen-bond acceptors (Lipinski definition) is 6. The molecule has 3 aromatic rings. The minimum absolute atomic E-state index is 0.0131. The highest BCUT2D eigenvalue weighted by Gasteiger charge is 2.38. The van der Waals surface area contributed by atoms with Crippen LogP contribution in [0, 0.1) is 19.8 Å². The number of carbonyl (C=O) groups excluding carboxylic acids is 2. The normalized spacial score (nSPS) is 19.7. The average Bonchev–Trinajstić information content (AvgIpc) is 3.56. The maximum absolute atomic E-state index is 13.1. The predicted molar refractivity (Wildman–Crippen MR) is 117 cm³/mol. The van der Waals surface area contributed by atoms with Crippen LogP contribution in [0.3, 0.4) is 0 Å². The van der Waals surface area contributed by atoms with Gasteiger partial charge in [0, 0.05) is 37.7 Å². The molecule has 8 heteroatoms. The first-order valence-corrected chi connectivity index (χ1v) is 11.0. The number of piperidine rings is 1. The second-order valence-electron chi connectivity index (χ2n) is 8.73. The highest BCUT2D eigenvalue weighted by molar-refractivity contribution is 6.00. The van der Waals surface area contributed by atoms with Crippen LogP contribution < -0.4 is 4.90 Å². The van der Waals surface area contributed by atoms with Crippen molar-refractivity contribution >= 4 is 17.5 Å². The van der Waals surface area contributed by atoms with Gasteiger partial charge in [0.1, 0.15) is 6.26 Å². The number of amides is 2. The Balaban J connectivity index is 1.19. The van der Waals surface area contributed by atoms with Gasteiger partial charge in [0.05, 0.1) is 17.7 Å². The zero-order chi connectivity index (χ0) is 22.2. The Kier molecular flexibility index (Phi) is 5.28. The summed E-state index contributed by atoms with van der Waals surface area (Å²) in [7, 11) is 0. The molecule has 2 saturated heterocycles. The molecule has 2 aliphatic heterocycles. The van der Waals surface area contributed by atoms with Gasteiger partial charge in [0.25, 0.3) is 5.89 Å². The number of carbonyl (C=O) groups is 2. The fourth-order valence-electron chi connectivity index (χ4n) is 4.52. The molecule has 2 fully saturated rings. The third-order valence-corrected chi connectivity index (χ3v) is 6.64. The van der Waals surface area contributed by atoms with E-state index in [1.807, 2.05) is 36.9 Å². The van der Waals surface area contributed by atoms with Crippen LogP contribution in [0.5, 0.6) is 0 Å². The number of rotatable bonds is 4. The van der Waals surface area contributed by atoms with E-state index >= 15 is 0 Å². The SMILES string of the molecule is Cc1ccc(N2CC(C(=O)N3CCC(c4nnc(-c5ccoc5)o4)CC3)CC2=O)cc1C. The van der Waals surface area contributed by atoms with Gasteiger partial charge in [-0.2, -0.15) is 0 Å². The van der Waals surface area contributed by atoms with Crippen molar-refractivity contribution in [2.75, 3.05) is 24.5 Å². The summed E-state index contributed by atoms with van der Waals surface area (Å²) >= 11 is 0. The van der Waals surface area contributed by atoms with Crippen LogP contribution in [0.1, 0.15) is 42.2 Å². The third kappa shape index (κ3) is 3.81. The molecule has 1 unspecified atom stereocenters. The maximum Gasteiger partial charge on any atom is 0.250 e. The van der Waals surface area contributed by atoms with Crippen LogP contribution in [0.15, 0.2) is 45.6 Å². The van der Waals surface area contributed by atoms with Gasteiger partial charge in [-0.1, -0.05) is 6.07 Å². The molecule has 1 aromatic carbocycles. The van der Waals surface area contributed by atoms with Crippen LogP contribution in [0.25, 0.3) is 11.5 Å². The number of furan rings is 1. The van der Waals surface area contributed by atoms with Crippen molar-refractivity contribution < 1.29 is 18.4 Å². The molecular weight excluding hydrogens is 408 g/mol. The first-order valence-electron chi connectivity index (χ1n) is 11.0. The number of anilines is 1. The van der Waals surface area contributed by atoms with E-state index in [0.717, 1.165) is 29.7 Å². The van der Waals surface area contributed by atoms with E-state index in [2.05, 4.69) is 10.2 Å². The summed E-state index contributed by atoms with van der Waals surface area (Å²) in [6.45, 7) is 5.78. The topological polar surface area (TPSA) is 92.7 Å². The third-order valence-electron chi connectivity index (χ3n) is 6.64. The van der Waals surface area contributed by atoms with Crippen molar-refractivity contribution in [2.45, 2.75) is 39.0 Å². The Hall–Kier alpha value is -3.42. The molecule has 0 aliphatic carbocycles. The zero-order valence-corrected chi connectivity index (χ0v) is 18.3. The van der Waals surface area contributed by atoms with Gasteiger partial charge in [-0.25, -0.2) is 0 Å². The van der Waals surface area contributed by atoms with Crippen LogP contribution in [0.4, 0.5) is 5.69 Å². The minimum atomic E-state index is -0.295. The first kappa shape index (κ1) is 20.5. The second kappa shape index (κ2) is 8.26. The fourth-order valence-corrected chi connectivity index (χ4v) is 4.52. The molecule has 8 nitrogen and oxygen atoms in total.